The number of nitrogens with zero attached hydrogens (tertiary/aromatic N) is 5. The van der Waals surface area contributed by atoms with Crippen molar-refractivity contribution in [3.05, 3.63) is 59.8 Å². The van der Waals surface area contributed by atoms with Crippen LogP contribution in [-0.4, -0.2) is 74.5 Å². The summed E-state index contributed by atoms with van der Waals surface area (Å²) >= 11 is 0. The van der Waals surface area contributed by atoms with Gasteiger partial charge in [-0.15, -0.1) is 6.42 Å². The molecule has 0 radical (unpaired) electrons. The highest BCUT2D eigenvalue weighted by Gasteiger charge is 2.48. The van der Waals surface area contributed by atoms with Gasteiger partial charge in [-0.3, -0.25) is 9.88 Å². The van der Waals surface area contributed by atoms with E-state index in [-0.39, 0.29) is 51.6 Å². The van der Waals surface area contributed by atoms with E-state index in [1.807, 2.05) is 0 Å². The van der Waals surface area contributed by atoms with Crippen LogP contribution in [0.15, 0.2) is 42.6 Å². The molecule has 0 unspecified atom stereocenters. The molecule has 10 heteroatoms. The van der Waals surface area contributed by atoms with Crippen molar-refractivity contribution in [2.45, 2.75) is 43.7 Å². The Hall–Kier alpha value is -4.33. The van der Waals surface area contributed by atoms with Crippen molar-refractivity contribution in [3.63, 3.8) is 0 Å². The summed E-state index contributed by atoms with van der Waals surface area (Å²) in [5, 5.41) is 22.0. The number of aliphatic hydroxyl groups is 1. The molecule has 220 valence electrons. The van der Waals surface area contributed by atoms with Crippen LogP contribution in [0.3, 0.4) is 0 Å². The minimum atomic E-state index is -0.755. The Morgan fingerprint density at radius 3 is 2.72 bits per heavy atom. The van der Waals surface area contributed by atoms with Crippen LogP contribution in [0.1, 0.15) is 37.7 Å². The standard InChI is InChI=1S/C33H31F2N5O3/c1-2-23-26(34)9-8-20-14-21(41)15-24(27(20)23)29-28(35)30-25(17-36-29)31(39-11-5-3-4-6-12-39)38-32(37-30)43-19-33-10-7-13-40(33)18-22(42)16-33/h1,3-4,8-9,14-15,17,22,41-42H,5-7,10-13,16,18-19H2/t22-,33-/m1/s1. The molecule has 8 nitrogen and oxygen atoms in total. The summed E-state index contributed by atoms with van der Waals surface area (Å²) in [5.74, 6) is 1.37. The number of pyridine rings is 1. The molecule has 2 aromatic heterocycles. The van der Waals surface area contributed by atoms with E-state index < -0.39 is 17.7 Å². The summed E-state index contributed by atoms with van der Waals surface area (Å²) < 4.78 is 37.7. The van der Waals surface area contributed by atoms with Crippen molar-refractivity contribution < 1.29 is 23.7 Å². The van der Waals surface area contributed by atoms with Crippen molar-refractivity contribution in [2.75, 3.05) is 37.7 Å². The number of fused-ring (bicyclic) bond motifs is 3. The van der Waals surface area contributed by atoms with E-state index in [1.165, 1.54) is 30.5 Å². The fraction of sp³-hybridized carbons (Fsp3) is 0.364. The third-order valence-electron chi connectivity index (χ3n) is 8.95. The second kappa shape index (κ2) is 10.7. The first-order valence-corrected chi connectivity index (χ1v) is 14.6. The van der Waals surface area contributed by atoms with Gasteiger partial charge in [0.1, 0.15) is 35.2 Å². The zero-order chi connectivity index (χ0) is 29.7. The van der Waals surface area contributed by atoms with Gasteiger partial charge in [0.15, 0.2) is 5.82 Å². The van der Waals surface area contributed by atoms with Crippen LogP contribution < -0.4 is 9.64 Å². The Morgan fingerprint density at radius 2 is 1.93 bits per heavy atom. The Labute approximate surface area is 247 Å². The first-order chi connectivity index (χ1) is 20.9. The number of anilines is 1. The lowest BCUT2D eigenvalue weighted by molar-refractivity contribution is 0.107. The van der Waals surface area contributed by atoms with Crippen molar-refractivity contribution in [2.24, 2.45) is 0 Å². The molecule has 43 heavy (non-hydrogen) atoms. The number of hydrogen-bond donors (Lipinski definition) is 2. The number of benzene rings is 2. The van der Waals surface area contributed by atoms with E-state index in [0.717, 1.165) is 32.2 Å². The smallest absolute Gasteiger partial charge is 0.319 e. The minimum Gasteiger partial charge on any atom is -0.508 e. The average molecular weight is 584 g/mol. The fourth-order valence-corrected chi connectivity index (χ4v) is 6.98. The molecule has 3 aliphatic heterocycles. The number of rotatable bonds is 5. The molecular weight excluding hydrogens is 552 g/mol. The van der Waals surface area contributed by atoms with E-state index in [4.69, 9.17) is 16.1 Å². The molecule has 2 saturated heterocycles. The molecule has 3 aliphatic rings. The lowest BCUT2D eigenvalue weighted by atomic mass is 9.94. The molecule has 0 saturated carbocycles. The molecule has 0 amide bonds. The number of aromatic nitrogens is 3. The molecule has 0 aliphatic carbocycles. The zero-order valence-corrected chi connectivity index (χ0v) is 23.6. The number of β-amino-alcohol motifs (C(OH)–C–C–N with tert-alkyl or cyclic N) is 1. The Kier molecular flexibility index (Phi) is 6.87. The van der Waals surface area contributed by atoms with E-state index in [0.29, 0.717) is 42.6 Å². The van der Waals surface area contributed by atoms with Crippen LogP contribution in [0.2, 0.25) is 0 Å². The SMILES string of the molecule is C#Cc1c(F)ccc2cc(O)cc(-c3ncc4c(N5CCC=CCC5)nc(OC[C@]56CCCN5C[C@H](O)C6)nc4c3F)c12. The van der Waals surface area contributed by atoms with Crippen LogP contribution in [0.5, 0.6) is 11.8 Å². The number of halogens is 2. The molecule has 5 heterocycles. The predicted molar refractivity (Wildman–Crippen MR) is 160 cm³/mol. The maximum absolute atomic E-state index is 16.7. The van der Waals surface area contributed by atoms with E-state index in [2.05, 4.69) is 37.8 Å². The zero-order valence-electron chi connectivity index (χ0n) is 23.6. The van der Waals surface area contributed by atoms with Crippen LogP contribution in [0.25, 0.3) is 32.9 Å². The van der Waals surface area contributed by atoms with Gasteiger partial charge >= 0.3 is 6.01 Å². The van der Waals surface area contributed by atoms with E-state index in [1.54, 1.807) is 0 Å². The highest BCUT2D eigenvalue weighted by atomic mass is 19.1. The summed E-state index contributed by atoms with van der Waals surface area (Å²) in [6.45, 7) is 3.13. The lowest BCUT2D eigenvalue weighted by Gasteiger charge is -2.31. The topological polar surface area (TPSA) is 94.8 Å². The van der Waals surface area contributed by atoms with Gasteiger partial charge < -0.3 is 19.8 Å². The van der Waals surface area contributed by atoms with Gasteiger partial charge in [0.2, 0.25) is 0 Å². The maximum Gasteiger partial charge on any atom is 0.319 e. The summed E-state index contributed by atoms with van der Waals surface area (Å²) in [4.78, 5) is 18.1. The van der Waals surface area contributed by atoms with E-state index in [9.17, 15) is 14.6 Å². The van der Waals surface area contributed by atoms with Crippen LogP contribution in [0.4, 0.5) is 14.6 Å². The molecule has 2 aromatic carbocycles. The second-order valence-electron chi connectivity index (χ2n) is 11.6. The highest BCUT2D eigenvalue weighted by molar-refractivity contribution is 6.03. The third kappa shape index (κ3) is 4.73. The fourth-order valence-electron chi connectivity index (χ4n) is 6.98. The number of aliphatic hydroxyl groups excluding tert-OH is 1. The Bertz CT molecular complexity index is 1810. The predicted octanol–water partition coefficient (Wildman–Crippen LogP) is 4.94. The second-order valence-corrected chi connectivity index (χ2v) is 11.6. The quantitative estimate of drug-likeness (QED) is 0.252. The van der Waals surface area contributed by atoms with Gasteiger partial charge in [-0.1, -0.05) is 24.1 Å². The van der Waals surface area contributed by atoms with Crippen LogP contribution in [0, 0.1) is 24.0 Å². The normalized spacial score (nSPS) is 22.2. The third-order valence-corrected chi connectivity index (χ3v) is 8.95. The van der Waals surface area contributed by atoms with Crippen molar-refractivity contribution in [1.82, 2.24) is 19.9 Å². The number of phenols is 1. The molecule has 0 bridgehead atoms. The van der Waals surface area contributed by atoms with Gasteiger partial charge in [0, 0.05) is 36.8 Å². The van der Waals surface area contributed by atoms with Crippen LogP contribution >= 0.6 is 0 Å². The van der Waals surface area contributed by atoms with Crippen molar-refractivity contribution in [3.8, 4) is 35.4 Å². The summed E-state index contributed by atoms with van der Waals surface area (Å²) in [6.07, 6.45) is 15.1. The first-order valence-electron chi connectivity index (χ1n) is 14.6. The van der Waals surface area contributed by atoms with Crippen molar-refractivity contribution in [1.29, 1.82) is 0 Å². The van der Waals surface area contributed by atoms with Crippen molar-refractivity contribution >= 4 is 27.5 Å². The largest absolute Gasteiger partial charge is 0.508 e. The van der Waals surface area contributed by atoms with Gasteiger partial charge in [-0.25, -0.2) is 8.78 Å². The molecule has 0 spiro atoms. The summed E-state index contributed by atoms with van der Waals surface area (Å²) in [5.41, 5.74) is -0.309. The van der Waals surface area contributed by atoms with Gasteiger partial charge in [0.05, 0.1) is 22.6 Å². The van der Waals surface area contributed by atoms with E-state index >= 15 is 4.39 Å². The Balaban J connectivity index is 1.38. The number of hydrogen-bond acceptors (Lipinski definition) is 8. The summed E-state index contributed by atoms with van der Waals surface area (Å²) in [6, 6.07) is 5.52. The Morgan fingerprint density at radius 1 is 1.12 bits per heavy atom. The van der Waals surface area contributed by atoms with Gasteiger partial charge in [-0.05, 0) is 62.2 Å². The average Bonchev–Trinajstić information content (AvgIpc) is 3.37. The van der Waals surface area contributed by atoms with Gasteiger partial charge in [0.25, 0.3) is 0 Å². The summed E-state index contributed by atoms with van der Waals surface area (Å²) in [7, 11) is 0. The molecule has 2 fully saturated rings. The number of ether oxygens (including phenoxy) is 1. The van der Waals surface area contributed by atoms with Crippen LogP contribution in [-0.2, 0) is 0 Å². The molecule has 2 N–H and O–H groups in total. The molecule has 2 atom stereocenters. The minimum absolute atomic E-state index is 0.00425. The number of phenolic OH excluding ortho intramolecular Hbond substituents is 1. The number of aromatic hydroxyl groups is 1. The maximum atomic E-state index is 16.7. The molecule has 4 aromatic rings. The lowest BCUT2D eigenvalue weighted by Crippen LogP contribution is -2.43. The molecule has 7 rings (SSSR count). The molecular formula is C33H31F2N5O3. The number of terminal acetylenes is 1. The highest BCUT2D eigenvalue weighted by Crippen LogP contribution is 2.41. The first kappa shape index (κ1) is 27.5. The van der Waals surface area contributed by atoms with Gasteiger partial charge in [-0.2, -0.15) is 9.97 Å². The monoisotopic (exact) mass is 583 g/mol.